The fourth-order valence-corrected chi connectivity index (χ4v) is 3.07. The van der Waals surface area contributed by atoms with Gasteiger partial charge in [-0.1, -0.05) is 25.4 Å². The Morgan fingerprint density at radius 1 is 0.966 bits per heavy atom. The minimum absolute atomic E-state index is 0.111. The van der Waals surface area contributed by atoms with Crippen molar-refractivity contribution in [1.82, 2.24) is 4.90 Å². The summed E-state index contributed by atoms with van der Waals surface area (Å²) in [5.41, 5.74) is 0.932. The predicted molar refractivity (Wildman–Crippen MR) is 107 cm³/mol. The van der Waals surface area contributed by atoms with E-state index >= 15 is 0 Å². The highest BCUT2D eigenvalue weighted by Gasteiger charge is 2.35. The lowest BCUT2D eigenvalue weighted by atomic mass is 10.1. The zero-order chi connectivity index (χ0) is 21.1. The molecule has 6 nitrogen and oxygen atoms in total. The molecule has 0 radical (unpaired) electrons. The normalized spacial score (nSPS) is 13.0. The summed E-state index contributed by atoms with van der Waals surface area (Å²) in [7, 11) is 0. The summed E-state index contributed by atoms with van der Waals surface area (Å²) in [6, 6.07) is 10.5. The van der Waals surface area contributed by atoms with Crippen LogP contribution in [0.15, 0.2) is 42.5 Å². The van der Waals surface area contributed by atoms with E-state index < -0.39 is 18.5 Å². The van der Waals surface area contributed by atoms with Gasteiger partial charge in [0, 0.05) is 17.1 Å². The van der Waals surface area contributed by atoms with E-state index in [9.17, 15) is 19.2 Å². The molecule has 0 spiro atoms. The van der Waals surface area contributed by atoms with Crippen molar-refractivity contribution in [2.24, 2.45) is 5.92 Å². The SMILES string of the molecule is CC(C)CCN1C(=O)c2ccc(C(=O)OCC(=O)c3ccc(Cl)cc3)cc2C1=O. The van der Waals surface area contributed by atoms with Crippen LogP contribution in [0, 0.1) is 5.92 Å². The number of esters is 1. The van der Waals surface area contributed by atoms with Crippen LogP contribution < -0.4 is 0 Å². The molecule has 0 saturated heterocycles. The first-order valence-corrected chi connectivity index (χ1v) is 9.62. The van der Waals surface area contributed by atoms with Gasteiger partial charge in [-0.25, -0.2) is 4.79 Å². The van der Waals surface area contributed by atoms with Gasteiger partial charge in [-0.3, -0.25) is 19.3 Å². The Labute approximate surface area is 173 Å². The Hall–Kier alpha value is -2.99. The number of fused-ring (bicyclic) bond motifs is 1. The second-order valence-electron chi connectivity index (χ2n) is 7.21. The van der Waals surface area contributed by atoms with E-state index in [0.717, 1.165) is 0 Å². The molecule has 0 aliphatic carbocycles. The van der Waals surface area contributed by atoms with Crippen LogP contribution >= 0.6 is 11.6 Å². The number of benzene rings is 2. The molecule has 7 heteroatoms. The molecule has 1 aliphatic heterocycles. The number of amides is 2. The van der Waals surface area contributed by atoms with Gasteiger partial charge in [0.15, 0.2) is 12.4 Å². The maximum atomic E-state index is 12.6. The average Bonchev–Trinajstić information content (AvgIpc) is 2.94. The first-order chi connectivity index (χ1) is 13.8. The van der Waals surface area contributed by atoms with Crippen LogP contribution in [0.5, 0.6) is 0 Å². The predicted octanol–water partition coefficient (Wildman–Crippen LogP) is 4.02. The number of hydrogen-bond acceptors (Lipinski definition) is 5. The molecule has 29 heavy (non-hydrogen) atoms. The molecular formula is C22H20ClNO5. The second kappa shape index (κ2) is 8.57. The molecule has 0 fully saturated rings. The number of Topliss-reactive ketones (excluding diaryl/α,β-unsaturated/α-hetero) is 1. The van der Waals surface area contributed by atoms with E-state index in [4.69, 9.17) is 16.3 Å². The van der Waals surface area contributed by atoms with Crippen LogP contribution in [0.4, 0.5) is 0 Å². The molecule has 3 rings (SSSR count). The van der Waals surface area contributed by atoms with E-state index in [1.54, 1.807) is 24.3 Å². The zero-order valence-electron chi connectivity index (χ0n) is 16.1. The summed E-state index contributed by atoms with van der Waals surface area (Å²) in [4.78, 5) is 50.6. The van der Waals surface area contributed by atoms with Crippen LogP contribution in [0.3, 0.4) is 0 Å². The number of rotatable bonds is 7. The van der Waals surface area contributed by atoms with Crippen molar-refractivity contribution in [3.63, 3.8) is 0 Å². The first-order valence-electron chi connectivity index (χ1n) is 9.24. The van der Waals surface area contributed by atoms with Gasteiger partial charge in [-0.05, 0) is 54.8 Å². The Morgan fingerprint density at radius 2 is 1.59 bits per heavy atom. The maximum Gasteiger partial charge on any atom is 0.338 e. The lowest BCUT2D eigenvalue weighted by Gasteiger charge is -2.14. The van der Waals surface area contributed by atoms with Crippen molar-refractivity contribution in [3.05, 3.63) is 69.7 Å². The topological polar surface area (TPSA) is 80.8 Å². The summed E-state index contributed by atoms with van der Waals surface area (Å²) in [6.45, 7) is 3.92. The lowest BCUT2D eigenvalue weighted by molar-refractivity contribution is 0.0474. The minimum atomic E-state index is -0.740. The number of carbonyl (C=O) groups is 4. The molecule has 1 heterocycles. The summed E-state index contributed by atoms with van der Waals surface area (Å²) in [5, 5.41) is 0.498. The summed E-state index contributed by atoms with van der Waals surface area (Å²) < 4.78 is 5.07. The van der Waals surface area contributed by atoms with Gasteiger partial charge in [0.2, 0.25) is 0 Å². The van der Waals surface area contributed by atoms with Crippen LogP contribution in [-0.2, 0) is 4.74 Å². The summed E-state index contributed by atoms with van der Waals surface area (Å²) in [6.07, 6.45) is 0.702. The minimum Gasteiger partial charge on any atom is -0.454 e. The monoisotopic (exact) mass is 413 g/mol. The van der Waals surface area contributed by atoms with Gasteiger partial charge < -0.3 is 4.74 Å². The second-order valence-corrected chi connectivity index (χ2v) is 7.65. The third-order valence-electron chi connectivity index (χ3n) is 4.64. The third kappa shape index (κ3) is 4.54. The standard InChI is InChI=1S/C22H20ClNO5/c1-13(2)9-10-24-20(26)17-8-5-15(11-18(17)21(24)27)22(28)29-12-19(25)14-3-6-16(23)7-4-14/h3-8,11,13H,9-10,12H2,1-2H3. The number of carbonyl (C=O) groups excluding carboxylic acids is 4. The van der Waals surface area contributed by atoms with Gasteiger partial charge in [-0.2, -0.15) is 0 Å². The number of ketones is 1. The highest BCUT2D eigenvalue weighted by Crippen LogP contribution is 2.25. The number of halogens is 1. The molecule has 0 unspecified atom stereocenters. The first kappa shape index (κ1) is 20.7. The van der Waals surface area contributed by atoms with Gasteiger partial charge in [0.05, 0.1) is 16.7 Å². The Kier molecular flexibility index (Phi) is 6.13. The van der Waals surface area contributed by atoms with Gasteiger partial charge in [-0.15, -0.1) is 0 Å². The van der Waals surface area contributed by atoms with Crippen LogP contribution in [-0.4, -0.2) is 41.6 Å². The van der Waals surface area contributed by atoms with Crippen LogP contribution in [0.2, 0.25) is 5.02 Å². The number of nitrogens with zero attached hydrogens (tertiary/aromatic N) is 1. The fraction of sp³-hybridized carbons (Fsp3) is 0.273. The van der Waals surface area contributed by atoms with Crippen LogP contribution in [0.1, 0.15) is 61.7 Å². The van der Waals surface area contributed by atoms with E-state index in [0.29, 0.717) is 29.5 Å². The quantitative estimate of drug-likeness (QED) is 0.389. The molecule has 150 valence electrons. The van der Waals surface area contributed by atoms with Crippen molar-refractivity contribution in [1.29, 1.82) is 0 Å². The number of hydrogen-bond donors (Lipinski definition) is 0. The summed E-state index contributed by atoms with van der Waals surface area (Å²) in [5.74, 6) is -1.54. The van der Waals surface area contributed by atoms with Crippen LogP contribution in [0.25, 0.3) is 0 Å². The molecule has 1 aliphatic rings. The number of imide groups is 1. The zero-order valence-corrected chi connectivity index (χ0v) is 16.9. The van der Waals surface area contributed by atoms with Crippen molar-refractivity contribution in [3.8, 4) is 0 Å². The molecule has 2 aromatic carbocycles. The fourth-order valence-electron chi connectivity index (χ4n) is 2.94. The highest BCUT2D eigenvalue weighted by atomic mass is 35.5. The highest BCUT2D eigenvalue weighted by molar-refractivity contribution is 6.30. The van der Waals surface area contributed by atoms with Gasteiger partial charge in [0.25, 0.3) is 11.8 Å². The number of ether oxygens (including phenoxy) is 1. The van der Waals surface area contributed by atoms with Crippen molar-refractivity contribution in [2.45, 2.75) is 20.3 Å². The molecule has 2 aromatic rings. The van der Waals surface area contributed by atoms with Crippen molar-refractivity contribution in [2.75, 3.05) is 13.2 Å². The molecule has 0 aromatic heterocycles. The van der Waals surface area contributed by atoms with Crippen molar-refractivity contribution < 1.29 is 23.9 Å². The average molecular weight is 414 g/mol. The molecule has 2 amide bonds. The molecule has 0 N–H and O–H groups in total. The van der Waals surface area contributed by atoms with Gasteiger partial charge in [0.1, 0.15) is 0 Å². The lowest BCUT2D eigenvalue weighted by Crippen LogP contribution is -2.31. The van der Waals surface area contributed by atoms with Crippen molar-refractivity contribution >= 4 is 35.2 Å². The Morgan fingerprint density at radius 3 is 2.24 bits per heavy atom. The van der Waals surface area contributed by atoms with E-state index in [2.05, 4.69) is 0 Å². The van der Waals surface area contributed by atoms with E-state index in [-0.39, 0.29) is 28.4 Å². The Bertz CT molecular complexity index is 981. The third-order valence-corrected chi connectivity index (χ3v) is 4.89. The molecular weight excluding hydrogens is 394 g/mol. The smallest absolute Gasteiger partial charge is 0.338 e. The molecule has 0 atom stereocenters. The van der Waals surface area contributed by atoms with E-state index in [1.807, 2.05) is 13.8 Å². The van der Waals surface area contributed by atoms with Gasteiger partial charge >= 0.3 is 5.97 Å². The maximum absolute atomic E-state index is 12.6. The summed E-state index contributed by atoms with van der Waals surface area (Å²) >= 11 is 5.79. The van der Waals surface area contributed by atoms with E-state index in [1.165, 1.54) is 23.1 Å². The Balaban J connectivity index is 1.68. The molecule has 0 saturated carbocycles. The molecule has 0 bridgehead atoms. The largest absolute Gasteiger partial charge is 0.454 e.